The van der Waals surface area contributed by atoms with E-state index in [0.717, 1.165) is 0 Å². The molecular formula is C23H21ClF2N6O2. The van der Waals surface area contributed by atoms with E-state index < -0.39 is 11.6 Å². The average molecular weight is 487 g/mol. The summed E-state index contributed by atoms with van der Waals surface area (Å²) in [5.41, 5.74) is 7.13. The second kappa shape index (κ2) is 9.62. The molecule has 2 aromatic carbocycles. The topological polar surface area (TPSA) is 107 Å². The average Bonchev–Trinajstić information content (AvgIpc) is 3.25. The predicted molar refractivity (Wildman–Crippen MR) is 126 cm³/mol. The number of aromatic nitrogens is 3. The lowest BCUT2D eigenvalue weighted by atomic mass is 10.1. The Kier molecular flexibility index (Phi) is 6.62. The molecule has 4 aromatic rings. The molecule has 176 valence electrons. The van der Waals surface area contributed by atoms with Crippen molar-refractivity contribution >= 4 is 34.7 Å². The number of nitrogens with one attached hydrogen (secondary N) is 2. The number of anilines is 2. The van der Waals surface area contributed by atoms with Gasteiger partial charge in [-0.05, 0) is 37.3 Å². The van der Waals surface area contributed by atoms with Crippen molar-refractivity contribution in [3.8, 4) is 17.0 Å². The van der Waals surface area contributed by atoms with Gasteiger partial charge in [0.2, 0.25) is 5.82 Å². The Morgan fingerprint density at radius 2 is 2.03 bits per heavy atom. The van der Waals surface area contributed by atoms with E-state index in [9.17, 15) is 13.6 Å². The number of methoxy groups -OCH3 is 1. The van der Waals surface area contributed by atoms with E-state index in [-0.39, 0.29) is 28.3 Å². The number of imidazole rings is 1. The number of ether oxygens (including phenoxy) is 1. The molecule has 2 heterocycles. The van der Waals surface area contributed by atoms with E-state index in [0.29, 0.717) is 35.0 Å². The summed E-state index contributed by atoms with van der Waals surface area (Å²) in [4.78, 5) is 21.0. The second-order valence-corrected chi connectivity index (χ2v) is 7.89. The lowest BCUT2D eigenvalue weighted by Crippen LogP contribution is -2.37. The molecule has 0 saturated carbocycles. The Labute approximate surface area is 198 Å². The zero-order chi connectivity index (χ0) is 24.4. The Balaban J connectivity index is 1.65. The molecule has 0 aliphatic rings. The highest BCUT2D eigenvalue weighted by atomic mass is 35.5. The van der Waals surface area contributed by atoms with Crippen LogP contribution in [-0.4, -0.2) is 40.0 Å². The number of nitrogens with two attached hydrogens (primary N) is 1. The zero-order valence-corrected chi connectivity index (χ0v) is 19.0. The van der Waals surface area contributed by atoms with Gasteiger partial charge in [-0.3, -0.25) is 9.20 Å². The normalized spacial score (nSPS) is 11.9. The number of hydrogen-bond donors (Lipinski definition) is 3. The first-order valence-electron chi connectivity index (χ1n) is 10.3. The van der Waals surface area contributed by atoms with Gasteiger partial charge in [0.05, 0.1) is 29.6 Å². The molecule has 0 unspecified atom stereocenters. The van der Waals surface area contributed by atoms with Crippen molar-refractivity contribution in [2.75, 3.05) is 19.0 Å². The van der Waals surface area contributed by atoms with E-state index >= 15 is 0 Å². The van der Waals surface area contributed by atoms with Crippen LogP contribution in [0.3, 0.4) is 0 Å². The maximum Gasteiger partial charge on any atom is 0.253 e. The van der Waals surface area contributed by atoms with Crippen molar-refractivity contribution in [1.82, 2.24) is 19.7 Å². The number of carbonyl (C=O) groups is 1. The molecule has 0 spiro atoms. The number of amides is 1. The molecule has 1 atom stereocenters. The number of carbonyl (C=O) groups excluding carboxylic acids is 1. The third kappa shape index (κ3) is 4.37. The van der Waals surface area contributed by atoms with Crippen LogP contribution in [0.25, 0.3) is 16.9 Å². The van der Waals surface area contributed by atoms with Crippen LogP contribution in [0.15, 0.2) is 48.9 Å². The number of halogens is 3. The molecule has 2 aromatic heterocycles. The Hall–Kier alpha value is -3.76. The molecule has 4 N–H and O–H groups in total. The quantitative estimate of drug-likeness (QED) is 0.362. The van der Waals surface area contributed by atoms with E-state index in [1.807, 2.05) is 0 Å². The van der Waals surface area contributed by atoms with Crippen LogP contribution < -0.4 is 21.1 Å². The van der Waals surface area contributed by atoms with Crippen molar-refractivity contribution < 1.29 is 18.3 Å². The monoisotopic (exact) mass is 486 g/mol. The Morgan fingerprint density at radius 1 is 1.24 bits per heavy atom. The summed E-state index contributed by atoms with van der Waals surface area (Å²) in [5, 5.41) is 6.09. The van der Waals surface area contributed by atoms with Gasteiger partial charge in [0.25, 0.3) is 5.91 Å². The van der Waals surface area contributed by atoms with Crippen molar-refractivity contribution in [1.29, 1.82) is 0 Å². The van der Waals surface area contributed by atoms with Gasteiger partial charge in [0.1, 0.15) is 0 Å². The van der Waals surface area contributed by atoms with E-state index in [2.05, 4.69) is 20.6 Å². The molecule has 0 saturated heterocycles. The van der Waals surface area contributed by atoms with Gasteiger partial charge >= 0.3 is 0 Å². The molecule has 1 amide bonds. The number of fused-ring (bicyclic) bond motifs is 1. The van der Waals surface area contributed by atoms with E-state index in [1.165, 1.54) is 31.6 Å². The van der Waals surface area contributed by atoms with Gasteiger partial charge < -0.3 is 21.1 Å². The van der Waals surface area contributed by atoms with Crippen molar-refractivity contribution in [3.05, 3.63) is 71.1 Å². The summed E-state index contributed by atoms with van der Waals surface area (Å²) in [6.45, 7) is 2.09. The minimum atomic E-state index is -1.08. The maximum absolute atomic E-state index is 14.7. The summed E-state index contributed by atoms with van der Waals surface area (Å²) >= 11 is 6.32. The fourth-order valence-electron chi connectivity index (χ4n) is 3.37. The summed E-state index contributed by atoms with van der Waals surface area (Å²) in [6.07, 6.45) is 4.50. The number of benzene rings is 2. The largest absolute Gasteiger partial charge is 0.494 e. The first kappa shape index (κ1) is 23.4. The second-order valence-electron chi connectivity index (χ2n) is 7.49. The highest BCUT2D eigenvalue weighted by Gasteiger charge is 2.19. The first-order chi connectivity index (χ1) is 16.3. The van der Waals surface area contributed by atoms with Gasteiger partial charge in [-0.25, -0.2) is 14.4 Å². The third-order valence-corrected chi connectivity index (χ3v) is 5.49. The molecule has 0 radical (unpaired) electrons. The smallest absolute Gasteiger partial charge is 0.253 e. The first-order valence-corrected chi connectivity index (χ1v) is 10.6. The predicted octanol–water partition coefficient (Wildman–Crippen LogP) is 4.16. The van der Waals surface area contributed by atoms with Crippen molar-refractivity contribution in [2.24, 2.45) is 5.73 Å². The van der Waals surface area contributed by atoms with Crippen molar-refractivity contribution in [3.63, 3.8) is 0 Å². The minimum absolute atomic E-state index is 0.0214. The van der Waals surface area contributed by atoms with E-state index in [4.69, 9.17) is 22.1 Å². The van der Waals surface area contributed by atoms with Gasteiger partial charge in [-0.2, -0.15) is 4.39 Å². The Bertz CT molecular complexity index is 1380. The highest BCUT2D eigenvalue weighted by molar-refractivity contribution is 6.34. The number of nitrogens with zero attached hydrogens (tertiary/aromatic N) is 3. The SMILES string of the molecule is COc1ccc(-c2cnc3c(Nc4ccc(C(=O)N[C@@H](C)CN)c(Cl)c4)nccn23)c(F)c1F. The molecule has 4 rings (SSSR count). The van der Waals surface area contributed by atoms with Crippen LogP contribution >= 0.6 is 11.6 Å². The Morgan fingerprint density at radius 3 is 2.74 bits per heavy atom. The minimum Gasteiger partial charge on any atom is -0.494 e. The molecule has 0 aliphatic carbocycles. The zero-order valence-electron chi connectivity index (χ0n) is 18.3. The molecule has 11 heteroatoms. The third-order valence-electron chi connectivity index (χ3n) is 5.18. The highest BCUT2D eigenvalue weighted by Crippen LogP contribution is 2.32. The fourth-order valence-corrected chi connectivity index (χ4v) is 3.63. The van der Waals surface area contributed by atoms with Gasteiger partial charge in [-0.1, -0.05) is 11.6 Å². The molecule has 0 bridgehead atoms. The molecule has 34 heavy (non-hydrogen) atoms. The van der Waals surface area contributed by atoms with Gasteiger partial charge in [-0.15, -0.1) is 0 Å². The lowest BCUT2D eigenvalue weighted by molar-refractivity contribution is 0.0941. The van der Waals surface area contributed by atoms with Gasteiger partial charge in [0, 0.05) is 36.2 Å². The van der Waals surface area contributed by atoms with Crippen LogP contribution in [0.1, 0.15) is 17.3 Å². The fraction of sp³-hybridized carbons (Fsp3) is 0.174. The maximum atomic E-state index is 14.7. The standard InChI is InChI=1S/C23H21ClF2N6O2/c1-12(10-27)30-23(33)14-4-3-13(9-16(14)24)31-21-22-29-11-17(32(22)8-7-28-21)15-5-6-18(34-2)20(26)19(15)25/h3-9,11-12H,10,27H2,1-2H3,(H,28,31)(H,30,33)/t12-/m0/s1. The molecular weight excluding hydrogens is 466 g/mol. The van der Waals surface area contributed by atoms with Crippen LogP contribution in [0.4, 0.5) is 20.3 Å². The summed E-state index contributed by atoms with van der Waals surface area (Å²) in [5.74, 6) is -2.29. The number of rotatable bonds is 7. The summed E-state index contributed by atoms with van der Waals surface area (Å²) in [6, 6.07) is 7.40. The molecule has 0 fully saturated rings. The lowest BCUT2D eigenvalue weighted by Gasteiger charge is -2.13. The van der Waals surface area contributed by atoms with E-state index in [1.54, 1.807) is 35.7 Å². The van der Waals surface area contributed by atoms with Crippen molar-refractivity contribution in [2.45, 2.75) is 13.0 Å². The number of hydrogen-bond acceptors (Lipinski definition) is 6. The van der Waals surface area contributed by atoms with Crippen LogP contribution in [-0.2, 0) is 0 Å². The van der Waals surface area contributed by atoms with Crippen LogP contribution in [0, 0.1) is 11.6 Å². The van der Waals surface area contributed by atoms with Crippen LogP contribution in [0.5, 0.6) is 5.75 Å². The molecule has 0 aliphatic heterocycles. The summed E-state index contributed by atoms with van der Waals surface area (Å²) in [7, 11) is 1.27. The summed E-state index contributed by atoms with van der Waals surface area (Å²) < 4.78 is 35.3. The molecule has 8 nitrogen and oxygen atoms in total. The van der Waals surface area contributed by atoms with Crippen LogP contribution in [0.2, 0.25) is 5.02 Å². The van der Waals surface area contributed by atoms with Gasteiger partial charge in [0.15, 0.2) is 23.0 Å².